The molecular formula is C51H36N4. The molecular weight excluding hydrogens is 669 g/mol. The molecule has 0 spiro atoms. The Balaban J connectivity index is 1.08. The molecule has 0 radical (unpaired) electrons. The fraction of sp³-hybridized carbons (Fsp3) is 0. The average Bonchev–Trinajstić information content (AvgIpc) is 3.60. The standard InChI is InChI=1S/C51H36N4/c52-50(54-51(40-19-9-3-10-20-40)53-35-36-15-5-1-6-16-36)43-22-13-21-41(33-43)38-27-29-39(30-28-38)45-25-14-26-48-49(45)46-34-42(37-17-7-2-8-18-37)31-32-47(46)55(48)44-23-11-4-12-24-44/h1-35,52H/b52-50?,53-35+,54-51-. The number of aromatic nitrogens is 1. The lowest BCUT2D eigenvalue weighted by Crippen LogP contribution is -2.04. The summed E-state index contributed by atoms with van der Waals surface area (Å²) in [5, 5.41) is 11.5. The Hall–Kier alpha value is -7.43. The van der Waals surface area contributed by atoms with E-state index in [4.69, 9.17) is 15.4 Å². The van der Waals surface area contributed by atoms with Crippen LogP contribution in [0.1, 0.15) is 16.7 Å². The van der Waals surface area contributed by atoms with Gasteiger partial charge in [-0.3, -0.25) is 5.41 Å². The van der Waals surface area contributed by atoms with Gasteiger partial charge in [-0.25, -0.2) is 9.98 Å². The van der Waals surface area contributed by atoms with Crippen molar-refractivity contribution in [1.82, 2.24) is 4.57 Å². The Bertz CT molecular complexity index is 2840. The topological polar surface area (TPSA) is 53.5 Å². The molecule has 0 amide bonds. The van der Waals surface area contributed by atoms with Crippen molar-refractivity contribution in [2.24, 2.45) is 9.98 Å². The highest BCUT2D eigenvalue weighted by Gasteiger charge is 2.17. The number of nitrogens with zero attached hydrogens (tertiary/aromatic N) is 3. The maximum Gasteiger partial charge on any atom is 0.161 e. The van der Waals surface area contributed by atoms with Gasteiger partial charge in [-0.15, -0.1) is 0 Å². The molecule has 0 unspecified atom stereocenters. The molecule has 0 aliphatic carbocycles. The highest BCUT2D eigenvalue weighted by atomic mass is 15.0. The molecule has 0 atom stereocenters. The van der Waals surface area contributed by atoms with Crippen LogP contribution < -0.4 is 0 Å². The molecule has 0 bridgehead atoms. The van der Waals surface area contributed by atoms with E-state index >= 15 is 0 Å². The summed E-state index contributed by atoms with van der Waals surface area (Å²) in [6.45, 7) is 0. The third kappa shape index (κ3) is 6.81. The van der Waals surface area contributed by atoms with E-state index in [1.807, 2.05) is 78.9 Å². The molecule has 1 N–H and O–H groups in total. The second-order valence-electron chi connectivity index (χ2n) is 13.4. The molecule has 9 aromatic rings. The van der Waals surface area contributed by atoms with Crippen LogP contribution in [0.5, 0.6) is 0 Å². The van der Waals surface area contributed by atoms with Gasteiger partial charge in [-0.05, 0) is 75.3 Å². The van der Waals surface area contributed by atoms with Crippen molar-refractivity contribution in [2.75, 3.05) is 0 Å². The van der Waals surface area contributed by atoms with Crippen molar-refractivity contribution in [3.63, 3.8) is 0 Å². The van der Waals surface area contributed by atoms with Gasteiger partial charge in [-0.2, -0.15) is 0 Å². The third-order valence-corrected chi connectivity index (χ3v) is 9.96. The van der Waals surface area contributed by atoms with Crippen molar-refractivity contribution < 1.29 is 0 Å². The van der Waals surface area contributed by atoms with E-state index in [0.29, 0.717) is 5.84 Å². The van der Waals surface area contributed by atoms with Gasteiger partial charge in [0.2, 0.25) is 0 Å². The maximum absolute atomic E-state index is 9.01. The minimum absolute atomic E-state index is 0.152. The summed E-state index contributed by atoms with van der Waals surface area (Å²) in [7, 11) is 0. The van der Waals surface area contributed by atoms with Gasteiger partial charge >= 0.3 is 0 Å². The Labute approximate surface area is 320 Å². The first-order chi connectivity index (χ1) is 27.2. The Kier molecular flexibility index (Phi) is 9.05. The van der Waals surface area contributed by atoms with Crippen LogP contribution in [0, 0.1) is 5.41 Å². The summed E-state index contributed by atoms with van der Waals surface area (Å²) in [5.41, 5.74) is 12.8. The zero-order chi connectivity index (χ0) is 37.0. The molecule has 1 heterocycles. The maximum atomic E-state index is 9.01. The molecule has 0 saturated carbocycles. The monoisotopic (exact) mass is 704 g/mol. The van der Waals surface area contributed by atoms with Gasteiger partial charge in [0, 0.05) is 33.8 Å². The summed E-state index contributed by atoms with van der Waals surface area (Å²) in [5.74, 6) is 0.641. The zero-order valence-corrected chi connectivity index (χ0v) is 30.0. The minimum atomic E-state index is 0.152. The molecule has 0 saturated heterocycles. The van der Waals surface area contributed by atoms with Crippen molar-refractivity contribution in [1.29, 1.82) is 5.41 Å². The van der Waals surface area contributed by atoms with Gasteiger partial charge in [0.15, 0.2) is 11.7 Å². The SMILES string of the molecule is N=C(/N=C(\N=C\c1ccccc1)c1ccccc1)c1cccc(-c2ccc(-c3cccc4c3c3cc(-c5ccccc5)ccc3n4-c3ccccc3)cc2)c1. The number of nitrogens with one attached hydrogen (secondary N) is 1. The van der Waals surface area contributed by atoms with Gasteiger partial charge in [0.05, 0.1) is 11.0 Å². The second-order valence-corrected chi connectivity index (χ2v) is 13.4. The minimum Gasteiger partial charge on any atom is -0.309 e. The van der Waals surface area contributed by atoms with Crippen molar-refractivity contribution in [3.05, 3.63) is 223 Å². The van der Waals surface area contributed by atoms with Gasteiger partial charge in [0.25, 0.3) is 0 Å². The summed E-state index contributed by atoms with van der Waals surface area (Å²) in [4.78, 5) is 9.43. The van der Waals surface area contributed by atoms with Crippen molar-refractivity contribution in [3.8, 4) is 39.1 Å². The molecule has 9 rings (SSSR count). The molecule has 1 aromatic heterocycles. The van der Waals surface area contributed by atoms with Crippen LogP contribution in [-0.2, 0) is 0 Å². The Morgan fingerprint density at radius 1 is 0.455 bits per heavy atom. The van der Waals surface area contributed by atoms with Crippen molar-refractivity contribution in [2.45, 2.75) is 0 Å². The van der Waals surface area contributed by atoms with E-state index in [1.165, 1.54) is 38.5 Å². The number of benzene rings is 8. The lowest BCUT2D eigenvalue weighted by Gasteiger charge is -2.10. The van der Waals surface area contributed by atoms with Crippen LogP contribution in [0.15, 0.2) is 216 Å². The molecule has 0 aliphatic rings. The van der Waals surface area contributed by atoms with Crippen LogP contribution in [-0.4, -0.2) is 22.5 Å². The number of hydrogen-bond donors (Lipinski definition) is 1. The summed E-state index contributed by atoms with van der Waals surface area (Å²) in [6.07, 6.45) is 1.79. The van der Waals surface area contributed by atoms with Crippen LogP contribution in [0.2, 0.25) is 0 Å². The average molecular weight is 705 g/mol. The number of hydrogen-bond acceptors (Lipinski definition) is 1. The molecule has 0 aliphatic heterocycles. The second kappa shape index (κ2) is 14.9. The highest BCUT2D eigenvalue weighted by molar-refractivity contribution is 6.17. The summed E-state index contributed by atoms with van der Waals surface area (Å²) >= 11 is 0. The first kappa shape index (κ1) is 33.4. The van der Waals surface area contributed by atoms with Gasteiger partial charge in [0.1, 0.15) is 0 Å². The lowest BCUT2D eigenvalue weighted by molar-refractivity contribution is 1.18. The van der Waals surface area contributed by atoms with E-state index in [0.717, 1.165) is 39.1 Å². The van der Waals surface area contributed by atoms with Crippen LogP contribution >= 0.6 is 0 Å². The molecule has 4 nitrogen and oxygen atoms in total. The van der Waals surface area contributed by atoms with E-state index in [-0.39, 0.29) is 5.84 Å². The number of aliphatic imine (C=N–C) groups is 2. The van der Waals surface area contributed by atoms with E-state index < -0.39 is 0 Å². The fourth-order valence-corrected chi connectivity index (χ4v) is 7.27. The molecule has 55 heavy (non-hydrogen) atoms. The van der Waals surface area contributed by atoms with Gasteiger partial charge in [-0.1, -0.05) is 170 Å². The van der Waals surface area contributed by atoms with E-state index in [9.17, 15) is 0 Å². The first-order valence-electron chi connectivity index (χ1n) is 18.4. The predicted molar refractivity (Wildman–Crippen MR) is 231 cm³/mol. The predicted octanol–water partition coefficient (Wildman–Crippen LogP) is 12.7. The van der Waals surface area contributed by atoms with Crippen molar-refractivity contribution >= 4 is 39.7 Å². The first-order valence-corrected chi connectivity index (χ1v) is 18.4. The number of fused-ring (bicyclic) bond motifs is 3. The smallest absolute Gasteiger partial charge is 0.161 e. The fourth-order valence-electron chi connectivity index (χ4n) is 7.27. The van der Waals surface area contributed by atoms with Gasteiger partial charge < -0.3 is 4.57 Å². The molecule has 0 fully saturated rings. The Morgan fingerprint density at radius 2 is 1.02 bits per heavy atom. The quantitative estimate of drug-likeness (QED) is 0.127. The van der Waals surface area contributed by atoms with Crippen LogP contribution in [0.3, 0.4) is 0 Å². The third-order valence-electron chi connectivity index (χ3n) is 9.96. The molecule has 4 heteroatoms. The number of para-hydroxylation sites is 1. The molecule has 260 valence electrons. The van der Waals surface area contributed by atoms with E-state index in [2.05, 4.69) is 132 Å². The summed E-state index contributed by atoms with van der Waals surface area (Å²) in [6, 6.07) is 71.2. The molecule has 8 aromatic carbocycles. The zero-order valence-electron chi connectivity index (χ0n) is 30.0. The van der Waals surface area contributed by atoms with Crippen LogP contribution in [0.25, 0.3) is 60.9 Å². The highest BCUT2D eigenvalue weighted by Crippen LogP contribution is 2.40. The van der Waals surface area contributed by atoms with E-state index in [1.54, 1.807) is 6.21 Å². The summed E-state index contributed by atoms with van der Waals surface area (Å²) < 4.78 is 2.37. The normalized spacial score (nSPS) is 11.7. The number of amidine groups is 2. The van der Waals surface area contributed by atoms with Crippen LogP contribution in [0.4, 0.5) is 0 Å². The lowest BCUT2D eigenvalue weighted by atomic mass is 9.95. The largest absolute Gasteiger partial charge is 0.309 e. The number of rotatable bonds is 7. The Morgan fingerprint density at radius 3 is 1.76 bits per heavy atom.